The van der Waals surface area contributed by atoms with Crippen molar-refractivity contribution >= 4 is 0 Å². The monoisotopic (exact) mass is 371 g/mol. The van der Waals surface area contributed by atoms with Crippen LogP contribution in [0.15, 0.2) is 36.5 Å². The number of benzene rings is 1. The Balaban J connectivity index is 1.55. The zero-order chi connectivity index (χ0) is 18.7. The predicted molar refractivity (Wildman–Crippen MR) is 86.2 cm³/mol. The largest absolute Gasteiger partial charge is 0.433 e. The van der Waals surface area contributed by atoms with Crippen LogP contribution in [0.3, 0.4) is 0 Å². The molecule has 140 valence electrons. The number of hydrogen-bond acceptors (Lipinski definition) is 3. The van der Waals surface area contributed by atoms with E-state index in [9.17, 15) is 22.0 Å². The van der Waals surface area contributed by atoms with E-state index in [1.165, 1.54) is 12.3 Å². The molecular weight excluding hydrogens is 353 g/mol. The fourth-order valence-electron chi connectivity index (χ4n) is 3.00. The maximum absolute atomic E-state index is 13.7. The first-order valence-corrected chi connectivity index (χ1v) is 8.22. The number of halogens is 5. The molecule has 2 aromatic rings. The number of aromatic nitrogens is 1. The van der Waals surface area contributed by atoms with E-state index in [2.05, 4.69) is 4.98 Å². The molecule has 26 heavy (non-hydrogen) atoms. The van der Waals surface area contributed by atoms with Gasteiger partial charge in [0.05, 0.1) is 0 Å². The molecule has 3 rings (SSSR count). The van der Waals surface area contributed by atoms with Crippen LogP contribution in [0.5, 0.6) is 0 Å². The molecule has 2 heterocycles. The van der Waals surface area contributed by atoms with Crippen LogP contribution < -0.4 is 0 Å². The maximum Gasteiger partial charge on any atom is 0.433 e. The summed E-state index contributed by atoms with van der Waals surface area (Å²) in [6, 6.07) is 6.03. The first-order valence-electron chi connectivity index (χ1n) is 8.22. The molecule has 0 saturated carbocycles. The highest BCUT2D eigenvalue weighted by molar-refractivity contribution is 5.19. The Bertz CT molecular complexity index is 755. The van der Waals surface area contributed by atoms with Gasteiger partial charge in [-0.05, 0) is 35.9 Å². The van der Waals surface area contributed by atoms with Crippen molar-refractivity contribution in [3.05, 3.63) is 65.0 Å². The second-order valence-electron chi connectivity index (χ2n) is 6.34. The summed E-state index contributed by atoms with van der Waals surface area (Å²) >= 11 is 0. The minimum absolute atomic E-state index is 0.308. The van der Waals surface area contributed by atoms with E-state index < -0.39 is 23.5 Å². The molecule has 3 nitrogen and oxygen atoms in total. The molecule has 0 spiro atoms. The van der Waals surface area contributed by atoms with Gasteiger partial charge in [0.1, 0.15) is 17.3 Å². The normalized spacial score (nSPS) is 16.8. The lowest BCUT2D eigenvalue weighted by Gasteiger charge is -2.34. The van der Waals surface area contributed by atoms with Gasteiger partial charge in [0.2, 0.25) is 0 Å². The van der Waals surface area contributed by atoms with Gasteiger partial charge in [-0.1, -0.05) is 0 Å². The van der Waals surface area contributed by atoms with Gasteiger partial charge in [-0.3, -0.25) is 14.8 Å². The Morgan fingerprint density at radius 2 is 1.54 bits per heavy atom. The van der Waals surface area contributed by atoms with E-state index in [1.807, 2.05) is 9.80 Å². The fourth-order valence-corrected chi connectivity index (χ4v) is 3.00. The second-order valence-corrected chi connectivity index (χ2v) is 6.34. The van der Waals surface area contributed by atoms with Crippen LogP contribution in [0.2, 0.25) is 0 Å². The highest BCUT2D eigenvalue weighted by Gasteiger charge is 2.32. The molecule has 1 saturated heterocycles. The van der Waals surface area contributed by atoms with Crippen LogP contribution in [-0.2, 0) is 19.3 Å². The van der Waals surface area contributed by atoms with Crippen LogP contribution >= 0.6 is 0 Å². The van der Waals surface area contributed by atoms with Crippen molar-refractivity contribution < 1.29 is 22.0 Å². The van der Waals surface area contributed by atoms with Crippen molar-refractivity contribution in [3.8, 4) is 0 Å². The minimum atomic E-state index is -4.45. The first-order chi connectivity index (χ1) is 12.3. The van der Waals surface area contributed by atoms with E-state index in [4.69, 9.17) is 0 Å². The summed E-state index contributed by atoms with van der Waals surface area (Å²) in [5.74, 6) is -0.913. The van der Waals surface area contributed by atoms with Crippen LogP contribution in [0.25, 0.3) is 0 Å². The van der Waals surface area contributed by atoms with Crippen LogP contribution in [0.1, 0.15) is 16.8 Å². The van der Waals surface area contributed by atoms with E-state index in [0.29, 0.717) is 50.4 Å². The Labute approximate surface area is 148 Å². The van der Waals surface area contributed by atoms with E-state index in [1.54, 1.807) is 6.07 Å². The Kier molecular flexibility index (Phi) is 5.52. The van der Waals surface area contributed by atoms with Gasteiger partial charge >= 0.3 is 6.18 Å². The SMILES string of the molecule is Fc1ccc(F)c(CN2CCN(Cc3ccnc(C(F)(F)F)c3)CC2)c1. The van der Waals surface area contributed by atoms with Crippen molar-refractivity contribution in [1.29, 1.82) is 0 Å². The van der Waals surface area contributed by atoms with Gasteiger partial charge in [0.15, 0.2) is 0 Å². The Morgan fingerprint density at radius 3 is 2.19 bits per heavy atom. The molecule has 0 atom stereocenters. The Hall–Kier alpha value is -2.06. The average Bonchev–Trinajstić information content (AvgIpc) is 2.59. The second kappa shape index (κ2) is 7.67. The molecule has 0 aliphatic carbocycles. The van der Waals surface area contributed by atoms with Gasteiger partial charge in [-0.2, -0.15) is 13.2 Å². The molecule has 1 aromatic carbocycles. The van der Waals surface area contributed by atoms with Gasteiger partial charge < -0.3 is 0 Å². The lowest BCUT2D eigenvalue weighted by Crippen LogP contribution is -2.45. The molecule has 1 aromatic heterocycles. The standard InChI is InChI=1S/C18H18F5N3/c19-15-1-2-16(20)14(10-15)12-26-7-5-25(6-8-26)11-13-3-4-24-17(9-13)18(21,22)23/h1-4,9-10H,5-8,11-12H2. The molecule has 1 aliphatic rings. The fraction of sp³-hybridized carbons (Fsp3) is 0.389. The Morgan fingerprint density at radius 1 is 0.885 bits per heavy atom. The molecule has 1 aliphatic heterocycles. The van der Waals surface area contributed by atoms with Crippen molar-refractivity contribution in [3.63, 3.8) is 0 Å². The van der Waals surface area contributed by atoms with E-state index in [0.717, 1.165) is 18.2 Å². The highest BCUT2D eigenvalue weighted by atomic mass is 19.4. The molecule has 0 radical (unpaired) electrons. The van der Waals surface area contributed by atoms with Crippen LogP contribution in [0, 0.1) is 11.6 Å². The summed E-state index contributed by atoms with van der Waals surface area (Å²) in [6.07, 6.45) is -3.29. The number of piperazine rings is 1. The quantitative estimate of drug-likeness (QED) is 0.764. The predicted octanol–water partition coefficient (Wildman–Crippen LogP) is 3.70. The molecule has 0 unspecified atom stereocenters. The summed E-state index contributed by atoms with van der Waals surface area (Å²) < 4.78 is 65.1. The zero-order valence-electron chi connectivity index (χ0n) is 13.9. The number of alkyl halides is 3. The van der Waals surface area contributed by atoms with Crippen LogP contribution in [0.4, 0.5) is 22.0 Å². The number of pyridine rings is 1. The summed E-state index contributed by atoms with van der Waals surface area (Å²) in [5, 5.41) is 0. The molecule has 0 N–H and O–H groups in total. The van der Waals surface area contributed by atoms with Crippen molar-refractivity contribution in [2.24, 2.45) is 0 Å². The summed E-state index contributed by atoms with van der Waals surface area (Å²) in [7, 11) is 0. The maximum atomic E-state index is 13.7. The topological polar surface area (TPSA) is 19.4 Å². The molecular formula is C18H18F5N3. The van der Waals surface area contributed by atoms with E-state index >= 15 is 0 Å². The molecule has 0 amide bonds. The van der Waals surface area contributed by atoms with Gasteiger partial charge in [0.25, 0.3) is 0 Å². The number of hydrogen-bond donors (Lipinski definition) is 0. The number of nitrogens with zero attached hydrogens (tertiary/aromatic N) is 3. The summed E-state index contributed by atoms with van der Waals surface area (Å²) in [4.78, 5) is 7.40. The minimum Gasteiger partial charge on any atom is -0.297 e. The average molecular weight is 371 g/mol. The summed E-state index contributed by atoms with van der Waals surface area (Å²) in [5.41, 5.74) is -0.0328. The lowest BCUT2D eigenvalue weighted by molar-refractivity contribution is -0.141. The highest BCUT2D eigenvalue weighted by Crippen LogP contribution is 2.28. The van der Waals surface area contributed by atoms with E-state index in [-0.39, 0.29) is 0 Å². The molecule has 0 bridgehead atoms. The lowest BCUT2D eigenvalue weighted by atomic mass is 10.1. The first kappa shape index (κ1) is 18.7. The summed E-state index contributed by atoms with van der Waals surface area (Å²) in [6.45, 7) is 3.25. The molecule has 8 heteroatoms. The van der Waals surface area contributed by atoms with Gasteiger partial charge in [0, 0.05) is 51.0 Å². The smallest absolute Gasteiger partial charge is 0.297 e. The van der Waals surface area contributed by atoms with Crippen molar-refractivity contribution in [2.75, 3.05) is 26.2 Å². The van der Waals surface area contributed by atoms with Gasteiger partial charge in [-0.25, -0.2) is 8.78 Å². The number of rotatable bonds is 4. The third kappa shape index (κ3) is 4.76. The van der Waals surface area contributed by atoms with Crippen LogP contribution in [-0.4, -0.2) is 41.0 Å². The van der Waals surface area contributed by atoms with Crippen molar-refractivity contribution in [1.82, 2.24) is 14.8 Å². The zero-order valence-corrected chi connectivity index (χ0v) is 13.9. The third-order valence-corrected chi connectivity index (χ3v) is 4.39. The van der Waals surface area contributed by atoms with Crippen molar-refractivity contribution in [2.45, 2.75) is 19.3 Å². The van der Waals surface area contributed by atoms with Gasteiger partial charge in [-0.15, -0.1) is 0 Å². The third-order valence-electron chi connectivity index (χ3n) is 4.39. The molecule has 1 fully saturated rings.